The molecule has 1 aliphatic heterocycles. The van der Waals surface area contributed by atoms with Gasteiger partial charge in [0.05, 0.1) is 11.4 Å². The van der Waals surface area contributed by atoms with Gasteiger partial charge in [-0.1, -0.05) is 30.3 Å². The number of aryl methyl sites for hydroxylation is 1. The molecule has 0 bridgehead atoms. The van der Waals surface area contributed by atoms with E-state index in [4.69, 9.17) is 0 Å². The van der Waals surface area contributed by atoms with E-state index in [0.29, 0.717) is 37.9 Å². The molecule has 2 amide bonds. The van der Waals surface area contributed by atoms with Crippen LogP contribution in [0.4, 0.5) is 5.69 Å². The number of likely N-dealkylation sites (N-methyl/N-ethyl adjacent to an activating group) is 1. The molecular formula is C21H25N3O4S. The lowest BCUT2D eigenvalue weighted by atomic mass is 10.1. The Kier molecular flexibility index (Phi) is 6.66. The van der Waals surface area contributed by atoms with E-state index in [2.05, 4.69) is 10.6 Å². The highest BCUT2D eigenvalue weighted by atomic mass is 32.2. The number of sulfonamides is 1. The lowest BCUT2D eigenvalue weighted by Crippen LogP contribution is -2.39. The van der Waals surface area contributed by atoms with Crippen LogP contribution in [0.3, 0.4) is 0 Å². The molecule has 29 heavy (non-hydrogen) atoms. The van der Waals surface area contributed by atoms with E-state index >= 15 is 0 Å². The number of nitrogens with one attached hydrogen (secondary N) is 2. The van der Waals surface area contributed by atoms with E-state index in [9.17, 15) is 18.0 Å². The zero-order valence-corrected chi connectivity index (χ0v) is 17.2. The van der Waals surface area contributed by atoms with Crippen LogP contribution in [-0.2, 0) is 32.5 Å². The Balaban J connectivity index is 1.60. The van der Waals surface area contributed by atoms with Gasteiger partial charge in [0, 0.05) is 25.7 Å². The van der Waals surface area contributed by atoms with Gasteiger partial charge in [0.15, 0.2) is 0 Å². The molecule has 2 aromatic rings. The second kappa shape index (κ2) is 9.19. The predicted octanol–water partition coefficient (Wildman–Crippen LogP) is 1.94. The molecule has 8 heteroatoms. The Hall–Kier alpha value is -2.71. The van der Waals surface area contributed by atoms with Crippen LogP contribution in [0.25, 0.3) is 0 Å². The van der Waals surface area contributed by atoms with Gasteiger partial charge in [0.1, 0.15) is 0 Å². The van der Waals surface area contributed by atoms with Gasteiger partial charge in [-0.15, -0.1) is 0 Å². The zero-order chi connectivity index (χ0) is 20.9. The average molecular weight is 416 g/mol. The molecule has 0 atom stereocenters. The van der Waals surface area contributed by atoms with Crippen molar-refractivity contribution in [3.05, 3.63) is 59.7 Å². The van der Waals surface area contributed by atoms with Crippen LogP contribution in [0.5, 0.6) is 0 Å². The van der Waals surface area contributed by atoms with E-state index in [1.807, 2.05) is 30.3 Å². The quantitative estimate of drug-likeness (QED) is 0.722. The Morgan fingerprint density at radius 3 is 2.66 bits per heavy atom. The van der Waals surface area contributed by atoms with Crippen LogP contribution < -0.4 is 10.6 Å². The molecular weight excluding hydrogens is 390 g/mol. The molecule has 0 saturated heterocycles. The third kappa shape index (κ3) is 5.42. The molecule has 0 fully saturated rings. The Labute approximate surface area is 171 Å². The Bertz CT molecular complexity index is 990. The standard InChI is InChI=1S/C21H25N3O4S/c1-24(15-21(26)22-13-12-16-6-3-2-4-7-16)29(27,28)18-10-11-19-17(14-18)8-5-9-20(25)23-19/h2-4,6-7,10-11,14H,5,8-9,12-13,15H2,1H3,(H,22,26)(H,23,25). The van der Waals surface area contributed by atoms with Gasteiger partial charge in [-0.25, -0.2) is 8.42 Å². The van der Waals surface area contributed by atoms with Crippen molar-refractivity contribution >= 4 is 27.5 Å². The summed E-state index contributed by atoms with van der Waals surface area (Å²) in [6.07, 6.45) is 2.39. The maximum atomic E-state index is 12.9. The summed E-state index contributed by atoms with van der Waals surface area (Å²) in [5.74, 6) is -0.419. The van der Waals surface area contributed by atoms with Gasteiger partial charge in [0.2, 0.25) is 21.8 Å². The van der Waals surface area contributed by atoms with Crippen molar-refractivity contribution in [2.24, 2.45) is 0 Å². The molecule has 154 valence electrons. The number of hydrogen-bond acceptors (Lipinski definition) is 4. The summed E-state index contributed by atoms with van der Waals surface area (Å²) >= 11 is 0. The van der Waals surface area contributed by atoms with E-state index in [0.717, 1.165) is 15.4 Å². The summed E-state index contributed by atoms with van der Waals surface area (Å²) in [5.41, 5.74) is 2.54. The minimum Gasteiger partial charge on any atom is -0.355 e. The van der Waals surface area contributed by atoms with Crippen molar-refractivity contribution < 1.29 is 18.0 Å². The Morgan fingerprint density at radius 1 is 1.14 bits per heavy atom. The number of amides is 2. The van der Waals surface area contributed by atoms with Gasteiger partial charge < -0.3 is 10.6 Å². The zero-order valence-electron chi connectivity index (χ0n) is 16.3. The van der Waals surface area contributed by atoms with Gasteiger partial charge in [-0.2, -0.15) is 4.31 Å². The summed E-state index contributed by atoms with van der Waals surface area (Å²) in [5, 5.41) is 5.54. The second-order valence-electron chi connectivity index (χ2n) is 7.07. The number of rotatable bonds is 7. The first-order valence-corrected chi connectivity index (χ1v) is 11.0. The molecule has 3 rings (SSSR count). The number of nitrogens with zero attached hydrogens (tertiary/aromatic N) is 1. The lowest BCUT2D eigenvalue weighted by molar-refractivity contribution is -0.121. The predicted molar refractivity (Wildman–Crippen MR) is 111 cm³/mol. The highest BCUT2D eigenvalue weighted by Crippen LogP contribution is 2.26. The van der Waals surface area contributed by atoms with Crippen LogP contribution in [0.2, 0.25) is 0 Å². The Morgan fingerprint density at radius 2 is 1.90 bits per heavy atom. The maximum Gasteiger partial charge on any atom is 0.243 e. The first kappa shape index (κ1) is 21.0. The number of benzene rings is 2. The average Bonchev–Trinajstić information content (AvgIpc) is 2.88. The molecule has 0 saturated carbocycles. The van der Waals surface area contributed by atoms with Crippen LogP contribution in [-0.4, -0.2) is 44.7 Å². The van der Waals surface area contributed by atoms with Crippen molar-refractivity contribution in [2.45, 2.75) is 30.6 Å². The SMILES string of the molecule is CN(CC(=O)NCCc1ccccc1)S(=O)(=O)c1ccc2c(c1)CCCC(=O)N2. The smallest absolute Gasteiger partial charge is 0.243 e. The summed E-state index contributed by atoms with van der Waals surface area (Å²) < 4.78 is 26.8. The summed E-state index contributed by atoms with van der Waals surface area (Å²) in [7, 11) is -2.42. The number of fused-ring (bicyclic) bond motifs is 1. The summed E-state index contributed by atoms with van der Waals surface area (Å²) in [6, 6.07) is 14.4. The molecule has 2 N–H and O–H groups in total. The maximum absolute atomic E-state index is 12.9. The summed E-state index contributed by atoms with van der Waals surface area (Å²) in [6.45, 7) is 0.181. The van der Waals surface area contributed by atoms with Gasteiger partial charge in [-0.3, -0.25) is 9.59 Å². The number of carbonyl (C=O) groups excluding carboxylic acids is 2. The second-order valence-corrected chi connectivity index (χ2v) is 9.11. The minimum absolute atomic E-state index is 0.0661. The number of carbonyl (C=O) groups is 2. The van der Waals surface area contributed by atoms with Gasteiger partial charge in [0.25, 0.3) is 0 Å². The monoisotopic (exact) mass is 415 g/mol. The summed E-state index contributed by atoms with van der Waals surface area (Å²) in [4.78, 5) is 23.9. The van der Waals surface area contributed by atoms with Crippen molar-refractivity contribution in [1.29, 1.82) is 0 Å². The third-order valence-electron chi connectivity index (χ3n) is 4.85. The van der Waals surface area contributed by atoms with E-state index < -0.39 is 10.0 Å². The first-order valence-electron chi connectivity index (χ1n) is 9.56. The minimum atomic E-state index is -3.81. The van der Waals surface area contributed by atoms with E-state index in [1.54, 1.807) is 12.1 Å². The molecule has 1 heterocycles. The normalized spacial score (nSPS) is 14.1. The fourth-order valence-corrected chi connectivity index (χ4v) is 4.40. The van der Waals surface area contributed by atoms with Gasteiger partial charge in [-0.05, 0) is 48.6 Å². The molecule has 1 aliphatic rings. The van der Waals surface area contributed by atoms with Crippen LogP contribution in [0.15, 0.2) is 53.4 Å². The third-order valence-corrected chi connectivity index (χ3v) is 6.65. The van der Waals surface area contributed by atoms with Crippen LogP contribution in [0.1, 0.15) is 24.0 Å². The van der Waals surface area contributed by atoms with Crippen molar-refractivity contribution in [3.63, 3.8) is 0 Å². The van der Waals surface area contributed by atoms with Crippen LogP contribution >= 0.6 is 0 Å². The molecule has 7 nitrogen and oxygen atoms in total. The fraction of sp³-hybridized carbons (Fsp3) is 0.333. The fourth-order valence-electron chi connectivity index (χ4n) is 3.23. The highest BCUT2D eigenvalue weighted by Gasteiger charge is 2.24. The highest BCUT2D eigenvalue weighted by molar-refractivity contribution is 7.89. The molecule has 2 aromatic carbocycles. The molecule has 0 aromatic heterocycles. The lowest BCUT2D eigenvalue weighted by Gasteiger charge is -2.18. The van der Waals surface area contributed by atoms with E-state index in [1.165, 1.54) is 13.1 Å². The van der Waals surface area contributed by atoms with Crippen molar-refractivity contribution in [1.82, 2.24) is 9.62 Å². The first-order chi connectivity index (χ1) is 13.9. The van der Waals surface area contributed by atoms with Gasteiger partial charge >= 0.3 is 0 Å². The van der Waals surface area contributed by atoms with Crippen molar-refractivity contribution in [2.75, 3.05) is 25.5 Å². The number of anilines is 1. The number of hydrogen-bond donors (Lipinski definition) is 2. The van der Waals surface area contributed by atoms with Crippen molar-refractivity contribution in [3.8, 4) is 0 Å². The molecule has 0 unspecified atom stereocenters. The molecule has 0 spiro atoms. The van der Waals surface area contributed by atoms with E-state index in [-0.39, 0.29) is 23.3 Å². The van der Waals surface area contributed by atoms with Crippen LogP contribution in [0, 0.1) is 0 Å². The topological polar surface area (TPSA) is 95.6 Å². The molecule has 0 radical (unpaired) electrons. The molecule has 0 aliphatic carbocycles. The largest absolute Gasteiger partial charge is 0.355 e.